The Labute approximate surface area is 103 Å². The summed E-state index contributed by atoms with van der Waals surface area (Å²) in [7, 11) is 1.50. The van der Waals surface area contributed by atoms with Gasteiger partial charge in [0.25, 0.3) is 0 Å². The molecule has 2 rings (SSSR count). The molecule has 1 heterocycles. The van der Waals surface area contributed by atoms with E-state index in [4.69, 9.17) is 21.1 Å². The maximum absolute atomic E-state index is 12.9. The van der Waals surface area contributed by atoms with Crippen molar-refractivity contribution in [2.45, 2.75) is 0 Å². The van der Waals surface area contributed by atoms with Gasteiger partial charge >= 0.3 is 0 Å². The number of hydrogen-bond donors (Lipinski definition) is 0. The zero-order valence-electron chi connectivity index (χ0n) is 8.98. The van der Waals surface area contributed by atoms with Gasteiger partial charge in [-0.2, -0.15) is 9.37 Å². The molecule has 88 valence electrons. The number of ether oxygens (including phenoxy) is 2. The lowest BCUT2D eigenvalue weighted by atomic mass is 10.3. The Hall–Kier alpha value is -1.81. The van der Waals surface area contributed by atoms with E-state index in [9.17, 15) is 4.39 Å². The number of aromatic nitrogens is 1. The zero-order chi connectivity index (χ0) is 12.3. The molecule has 0 saturated heterocycles. The topological polar surface area (TPSA) is 31.4 Å². The van der Waals surface area contributed by atoms with E-state index >= 15 is 0 Å². The van der Waals surface area contributed by atoms with Crippen molar-refractivity contribution < 1.29 is 13.9 Å². The van der Waals surface area contributed by atoms with Crippen LogP contribution in [0.3, 0.4) is 0 Å². The molecule has 5 heteroatoms. The highest BCUT2D eigenvalue weighted by atomic mass is 35.5. The van der Waals surface area contributed by atoms with Crippen molar-refractivity contribution in [3.8, 4) is 17.4 Å². The van der Waals surface area contributed by atoms with Gasteiger partial charge in [-0.25, -0.2) is 0 Å². The summed E-state index contributed by atoms with van der Waals surface area (Å²) in [6.45, 7) is 0. The van der Waals surface area contributed by atoms with Crippen LogP contribution in [0.1, 0.15) is 0 Å². The highest BCUT2D eigenvalue weighted by molar-refractivity contribution is 6.30. The van der Waals surface area contributed by atoms with E-state index in [2.05, 4.69) is 4.98 Å². The maximum atomic E-state index is 12.9. The lowest BCUT2D eigenvalue weighted by Crippen LogP contribution is -1.93. The van der Waals surface area contributed by atoms with Crippen LogP contribution < -0.4 is 9.47 Å². The van der Waals surface area contributed by atoms with Crippen LogP contribution in [0.2, 0.25) is 5.02 Å². The van der Waals surface area contributed by atoms with Crippen LogP contribution in [-0.4, -0.2) is 12.1 Å². The molecular weight excluding hydrogens is 245 g/mol. The third-order valence-electron chi connectivity index (χ3n) is 2.03. The highest BCUT2D eigenvalue weighted by Gasteiger charge is 2.07. The molecule has 0 spiro atoms. The van der Waals surface area contributed by atoms with Gasteiger partial charge in [0.05, 0.1) is 7.11 Å². The van der Waals surface area contributed by atoms with Crippen LogP contribution in [0, 0.1) is 5.95 Å². The van der Waals surface area contributed by atoms with Gasteiger partial charge in [0, 0.05) is 17.2 Å². The Morgan fingerprint density at radius 3 is 2.71 bits per heavy atom. The third kappa shape index (κ3) is 2.85. The summed E-state index contributed by atoms with van der Waals surface area (Å²) in [5.74, 6) is 0.444. The Kier molecular flexibility index (Phi) is 3.44. The first-order chi connectivity index (χ1) is 8.19. The average Bonchev–Trinajstić information content (AvgIpc) is 2.31. The molecule has 2 aromatic rings. The summed E-state index contributed by atoms with van der Waals surface area (Å²) in [5, 5.41) is 0.529. The van der Waals surface area contributed by atoms with Gasteiger partial charge in [-0.05, 0) is 18.2 Å². The average molecular weight is 254 g/mol. The second-order valence-corrected chi connectivity index (χ2v) is 3.63. The van der Waals surface area contributed by atoms with E-state index in [1.165, 1.54) is 19.2 Å². The fraction of sp³-hybridized carbons (Fsp3) is 0.0833. The monoisotopic (exact) mass is 253 g/mol. The minimum absolute atomic E-state index is 0.158. The normalized spacial score (nSPS) is 10.1. The molecule has 0 aliphatic carbocycles. The van der Waals surface area contributed by atoms with Crippen molar-refractivity contribution in [1.82, 2.24) is 4.98 Å². The number of benzene rings is 1. The Morgan fingerprint density at radius 1 is 1.18 bits per heavy atom. The van der Waals surface area contributed by atoms with E-state index < -0.39 is 5.95 Å². The van der Waals surface area contributed by atoms with Crippen molar-refractivity contribution in [2.24, 2.45) is 0 Å². The number of hydrogen-bond acceptors (Lipinski definition) is 3. The van der Waals surface area contributed by atoms with E-state index in [1.807, 2.05) is 0 Å². The second-order valence-electron chi connectivity index (χ2n) is 3.20. The quantitative estimate of drug-likeness (QED) is 0.782. The molecule has 1 aromatic carbocycles. The van der Waals surface area contributed by atoms with Gasteiger partial charge in [0.15, 0.2) is 11.5 Å². The van der Waals surface area contributed by atoms with E-state index in [0.29, 0.717) is 16.5 Å². The summed E-state index contributed by atoms with van der Waals surface area (Å²) in [6, 6.07) is 9.20. The molecule has 0 radical (unpaired) electrons. The molecule has 0 aliphatic heterocycles. The van der Waals surface area contributed by atoms with Crippen molar-refractivity contribution in [3.63, 3.8) is 0 Å². The molecule has 0 unspecified atom stereocenters. The molecule has 17 heavy (non-hydrogen) atoms. The van der Waals surface area contributed by atoms with Crippen LogP contribution in [0.4, 0.5) is 4.39 Å². The van der Waals surface area contributed by atoms with Crippen molar-refractivity contribution in [1.29, 1.82) is 0 Å². The van der Waals surface area contributed by atoms with Crippen molar-refractivity contribution in [2.75, 3.05) is 7.11 Å². The van der Waals surface area contributed by atoms with Crippen molar-refractivity contribution in [3.05, 3.63) is 47.4 Å². The Balaban J connectivity index is 2.29. The molecule has 1 aromatic heterocycles. The first-order valence-electron chi connectivity index (χ1n) is 4.83. The van der Waals surface area contributed by atoms with Gasteiger partial charge in [-0.1, -0.05) is 17.7 Å². The lowest BCUT2D eigenvalue weighted by Gasteiger charge is -2.09. The van der Waals surface area contributed by atoms with E-state index in [0.717, 1.165) is 0 Å². The molecule has 0 aliphatic rings. The number of rotatable bonds is 3. The molecule has 0 atom stereocenters. The van der Waals surface area contributed by atoms with Gasteiger partial charge in [-0.15, -0.1) is 0 Å². The first-order valence-corrected chi connectivity index (χ1v) is 5.21. The summed E-state index contributed by atoms with van der Waals surface area (Å²) in [4.78, 5) is 3.59. The molecule has 0 N–H and O–H groups in total. The van der Waals surface area contributed by atoms with Crippen LogP contribution in [0.15, 0.2) is 36.4 Å². The fourth-order valence-electron chi connectivity index (χ4n) is 1.28. The first kappa shape index (κ1) is 11.7. The molecule has 0 saturated carbocycles. The zero-order valence-corrected chi connectivity index (χ0v) is 9.74. The smallest absolute Gasteiger partial charge is 0.222 e. The Bertz CT molecular complexity index is 534. The van der Waals surface area contributed by atoms with Gasteiger partial charge in [-0.3, -0.25) is 0 Å². The number of pyridine rings is 1. The summed E-state index contributed by atoms with van der Waals surface area (Å²) < 4.78 is 23.4. The molecule has 3 nitrogen and oxygen atoms in total. The fourth-order valence-corrected chi connectivity index (χ4v) is 1.45. The predicted molar refractivity (Wildman–Crippen MR) is 62.3 cm³/mol. The summed E-state index contributed by atoms with van der Waals surface area (Å²) >= 11 is 5.81. The minimum atomic E-state index is -0.601. The molecular formula is C12H9ClFNO2. The molecule has 0 fully saturated rings. The molecule has 0 amide bonds. The summed E-state index contributed by atoms with van der Waals surface area (Å²) in [5.41, 5.74) is 0. The van der Waals surface area contributed by atoms with Crippen LogP contribution >= 0.6 is 11.6 Å². The SMILES string of the molecule is COc1cc(Cl)ccc1Oc1cccc(F)n1. The number of nitrogens with zero attached hydrogens (tertiary/aromatic N) is 1. The highest BCUT2D eigenvalue weighted by Crippen LogP contribution is 2.32. The largest absolute Gasteiger partial charge is 0.493 e. The number of methoxy groups -OCH3 is 1. The van der Waals surface area contributed by atoms with Crippen LogP contribution in [0.5, 0.6) is 17.4 Å². The van der Waals surface area contributed by atoms with E-state index in [1.54, 1.807) is 24.3 Å². The van der Waals surface area contributed by atoms with Gasteiger partial charge in [0.2, 0.25) is 11.8 Å². The molecule has 0 bridgehead atoms. The van der Waals surface area contributed by atoms with Crippen molar-refractivity contribution >= 4 is 11.6 Å². The van der Waals surface area contributed by atoms with Crippen LogP contribution in [0.25, 0.3) is 0 Å². The van der Waals surface area contributed by atoms with E-state index in [-0.39, 0.29) is 5.88 Å². The lowest BCUT2D eigenvalue weighted by molar-refractivity contribution is 0.371. The third-order valence-corrected chi connectivity index (χ3v) is 2.26. The standard InChI is InChI=1S/C12H9ClFNO2/c1-16-10-7-8(13)5-6-9(10)17-12-4-2-3-11(14)15-12/h2-7H,1H3. The minimum Gasteiger partial charge on any atom is -0.493 e. The van der Waals surface area contributed by atoms with Gasteiger partial charge < -0.3 is 9.47 Å². The second kappa shape index (κ2) is 5.01. The Morgan fingerprint density at radius 2 is 2.00 bits per heavy atom. The summed E-state index contributed by atoms with van der Waals surface area (Å²) in [6.07, 6.45) is 0. The van der Waals surface area contributed by atoms with Gasteiger partial charge in [0.1, 0.15) is 0 Å². The maximum Gasteiger partial charge on any atom is 0.222 e. The van der Waals surface area contributed by atoms with Crippen LogP contribution in [-0.2, 0) is 0 Å². The predicted octanol–water partition coefficient (Wildman–Crippen LogP) is 3.68. The number of halogens is 2.